The van der Waals surface area contributed by atoms with Gasteiger partial charge < -0.3 is 4.98 Å². The number of carbonyl (C=O) groups excluding carboxylic acids is 1. The summed E-state index contributed by atoms with van der Waals surface area (Å²) in [6.07, 6.45) is 1.34. The number of rotatable bonds is 6. The number of imidazole rings is 1. The zero-order chi connectivity index (χ0) is 21.9. The lowest BCUT2D eigenvalue weighted by molar-refractivity contribution is -0.116. The van der Waals surface area contributed by atoms with E-state index in [9.17, 15) is 9.59 Å². The van der Waals surface area contributed by atoms with Crippen LogP contribution in [0.3, 0.4) is 0 Å². The maximum atomic E-state index is 12.7. The molecule has 0 saturated carbocycles. The highest BCUT2D eigenvalue weighted by atomic mass is 16.1. The zero-order valence-corrected chi connectivity index (χ0v) is 17.3. The van der Waals surface area contributed by atoms with E-state index < -0.39 is 0 Å². The van der Waals surface area contributed by atoms with Crippen LogP contribution in [0, 0.1) is 0 Å². The summed E-state index contributed by atoms with van der Waals surface area (Å²) in [5, 5.41) is 3.51. The molecule has 0 atom stereocenters. The van der Waals surface area contributed by atoms with E-state index in [4.69, 9.17) is 0 Å². The average molecular weight is 423 g/mol. The van der Waals surface area contributed by atoms with Crippen molar-refractivity contribution < 1.29 is 4.79 Å². The highest BCUT2D eigenvalue weighted by Gasteiger charge is 2.14. The maximum absolute atomic E-state index is 12.7. The van der Waals surface area contributed by atoms with Crippen LogP contribution >= 0.6 is 0 Å². The molecule has 5 aromatic rings. The Morgan fingerprint density at radius 2 is 1.59 bits per heavy atom. The zero-order valence-electron chi connectivity index (χ0n) is 17.3. The number of benzene rings is 3. The molecule has 2 heterocycles. The number of fused-ring (bicyclic) bond motifs is 2. The van der Waals surface area contributed by atoms with Gasteiger partial charge in [-0.3, -0.25) is 19.5 Å². The van der Waals surface area contributed by atoms with Gasteiger partial charge in [-0.2, -0.15) is 0 Å². The number of H-pyrrole nitrogens is 1. The van der Waals surface area contributed by atoms with Crippen molar-refractivity contribution in [1.29, 1.82) is 0 Å². The lowest BCUT2D eigenvalue weighted by atomic mass is 10.2. The Morgan fingerprint density at radius 3 is 2.44 bits per heavy atom. The monoisotopic (exact) mass is 423 g/mol. The number of nitrogens with one attached hydrogen (secondary N) is 2. The second-order valence-electron chi connectivity index (χ2n) is 7.53. The van der Waals surface area contributed by atoms with Crippen LogP contribution in [0.1, 0.15) is 18.7 Å². The van der Waals surface area contributed by atoms with Crippen molar-refractivity contribution in [1.82, 2.24) is 19.5 Å². The summed E-state index contributed by atoms with van der Waals surface area (Å²) in [5.74, 6) is 0.929. The molecule has 32 heavy (non-hydrogen) atoms. The second kappa shape index (κ2) is 8.47. The van der Waals surface area contributed by atoms with E-state index in [0.29, 0.717) is 35.5 Å². The fraction of sp³-hybridized carbons (Fsp3) is 0.120. The van der Waals surface area contributed by atoms with Crippen LogP contribution in [-0.4, -0.2) is 25.4 Å². The number of para-hydroxylation sites is 4. The highest BCUT2D eigenvalue weighted by Crippen LogP contribution is 2.24. The summed E-state index contributed by atoms with van der Waals surface area (Å²) in [4.78, 5) is 36.8. The molecule has 2 aromatic heterocycles. The maximum Gasteiger partial charge on any atom is 0.258 e. The lowest BCUT2D eigenvalue weighted by Gasteiger charge is -2.10. The van der Waals surface area contributed by atoms with E-state index in [0.717, 1.165) is 16.7 Å². The molecule has 0 spiro atoms. The fourth-order valence-electron chi connectivity index (χ4n) is 3.81. The topological polar surface area (TPSA) is 92.7 Å². The van der Waals surface area contributed by atoms with Crippen LogP contribution in [0.5, 0.6) is 0 Å². The first kappa shape index (κ1) is 19.7. The molecule has 0 saturated heterocycles. The first-order valence-electron chi connectivity index (χ1n) is 10.5. The van der Waals surface area contributed by atoms with Crippen molar-refractivity contribution in [2.75, 3.05) is 5.32 Å². The van der Waals surface area contributed by atoms with Gasteiger partial charge in [-0.25, -0.2) is 9.97 Å². The number of aromatic nitrogens is 4. The number of aryl methyl sites for hydroxylation is 1. The summed E-state index contributed by atoms with van der Waals surface area (Å²) in [5.41, 5.74) is 3.16. The molecule has 3 aromatic carbocycles. The van der Waals surface area contributed by atoms with Gasteiger partial charge >= 0.3 is 0 Å². The molecule has 0 aliphatic rings. The van der Waals surface area contributed by atoms with E-state index in [1.54, 1.807) is 6.07 Å². The van der Waals surface area contributed by atoms with Crippen molar-refractivity contribution in [2.24, 2.45) is 0 Å². The molecule has 2 N–H and O–H groups in total. The van der Waals surface area contributed by atoms with Crippen LogP contribution in [0.15, 0.2) is 83.7 Å². The number of hydrogen-bond acceptors (Lipinski definition) is 4. The first-order valence-corrected chi connectivity index (χ1v) is 10.5. The average Bonchev–Trinajstić information content (AvgIpc) is 3.17. The van der Waals surface area contributed by atoms with Gasteiger partial charge in [0.2, 0.25) is 11.9 Å². The molecule has 0 aliphatic carbocycles. The van der Waals surface area contributed by atoms with E-state index in [2.05, 4.69) is 20.3 Å². The predicted molar refractivity (Wildman–Crippen MR) is 125 cm³/mol. The summed E-state index contributed by atoms with van der Waals surface area (Å²) < 4.78 is 1.94. The minimum Gasteiger partial charge on any atom is -0.310 e. The molecule has 0 radical (unpaired) electrons. The largest absolute Gasteiger partial charge is 0.310 e. The van der Waals surface area contributed by atoms with Crippen LogP contribution in [0.2, 0.25) is 0 Å². The molecule has 0 aliphatic heterocycles. The quantitative estimate of drug-likeness (QED) is 0.428. The third kappa shape index (κ3) is 3.88. The fourth-order valence-corrected chi connectivity index (χ4v) is 3.81. The normalized spacial score (nSPS) is 11.1. The van der Waals surface area contributed by atoms with Gasteiger partial charge in [0, 0.05) is 18.5 Å². The highest BCUT2D eigenvalue weighted by molar-refractivity contribution is 5.92. The van der Waals surface area contributed by atoms with Crippen molar-refractivity contribution >= 4 is 33.8 Å². The Kier molecular flexibility index (Phi) is 5.21. The smallest absolute Gasteiger partial charge is 0.258 e. The van der Waals surface area contributed by atoms with Gasteiger partial charge in [-0.1, -0.05) is 42.5 Å². The van der Waals surface area contributed by atoms with Gasteiger partial charge in [0.1, 0.15) is 5.82 Å². The van der Waals surface area contributed by atoms with E-state index in [-0.39, 0.29) is 17.9 Å². The van der Waals surface area contributed by atoms with E-state index in [1.807, 2.05) is 77.4 Å². The van der Waals surface area contributed by atoms with Crippen LogP contribution in [0.4, 0.5) is 5.95 Å². The summed E-state index contributed by atoms with van der Waals surface area (Å²) in [6.45, 7) is 0. The van der Waals surface area contributed by atoms with Gasteiger partial charge in [-0.05, 0) is 42.8 Å². The lowest BCUT2D eigenvalue weighted by Crippen LogP contribution is -2.16. The summed E-state index contributed by atoms with van der Waals surface area (Å²) >= 11 is 0. The Balaban J connectivity index is 1.31. The van der Waals surface area contributed by atoms with E-state index >= 15 is 0 Å². The molecule has 0 unspecified atom stereocenters. The summed E-state index contributed by atoms with van der Waals surface area (Å²) in [7, 11) is 0. The number of carbonyl (C=O) groups is 1. The third-order valence-corrected chi connectivity index (χ3v) is 5.31. The van der Waals surface area contributed by atoms with Crippen LogP contribution in [0.25, 0.3) is 27.6 Å². The van der Waals surface area contributed by atoms with Crippen molar-refractivity contribution in [2.45, 2.75) is 19.3 Å². The molecular formula is C25H21N5O2. The summed E-state index contributed by atoms with van der Waals surface area (Å²) in [6, 6.07) is 24.8. The molecule has 1 amide bonds. The molecule has 0 bridgehead atoms. The molecular weight excluding hydrogens is 402 g/mol. The minimum atomic E-state index is -0.161. The van der Waals surface area contributed by atoms with Gasteiger partial charge in [0.15, 0.2) is 0 Å². The second-order valence-corrected chi connectivity index (χ2v) is 7.53. The standard InChI is InChI=1S/C25H21N5O2/c31-23(16-8-15-22-26-19-12-5-4-11-18(19)24(32)28-22)29-25-27-20-13-6-7-14-21(20)30(25)17-9-2-1-3-10-17/h1-7,9-14H,8,15-16H2,(H,26,28,32)(H,27,29,31). The number of anilines is 1. The molecule has 158 valence electrons. The van der Waals surface area contributed by atoms with E-state index in [1.165, 1.54) is 0 Å². The number of hydrogen-bond donors (Lipinski definition) is 2. The molecule has 7 nitrogen and oxygen atoms in total. The number of nitrogens with zero attached hydrogens (tertiary/aromatic N) is 3. The number of aromatic amines is 1. The van der Waals surface area contributed by atoms with Crippen LogP contribution in [-0.2, 0) is 11.2 Å². The Hall–Kier alpha value is -4.26. The number of amides is 1. The molecule has 7 heteroatoms. The van der Waals surface area contributed by atoms with Gasteiger partial charge in [0.05, 0.1) is 21.9 Å². The Morgan fingerprint density at radius 1 is 0.875 bits per heavy atom. The predicted octanol–water partition coefficient (Wildman–Crippen LogP) is 4.22. The first-order chi connectivity index (χ1) is 15.7. The Bertz CT molecular complexity index is 1470. The SMILES string of the molecule is O=C(CCCc1nc2ccccc2c(=O)[nH]1)Nc1nc2ccccc2n1-c1ccccc1. The Labute approximate surface area is 183 Å². The van der Waals surface area contributed by atoms with Gasteiger partial charge in [0.25, 0.3) is 5.56 Å². The van der Waals surface area contributed by atoms with Crippen LogP contribution < -0.4 is 10.9 Å². The van der Waals surface area contributed by atoms with Crippen molar-refractivity contribution in [3.63, 3.8) is 0 Å². The molecule has 5 rings (SSSR count). The van der Waals surface area contributed by atoms with Gasteiger partial charge in [-0.15, -0.1) is 0 Å². The van der Waals surface area contributed by atoms with Crippen molar-refractivity contribution in [3.05, 3.63) is 95.0 Å². The van der Waals surface area contributed by atoms with Crippen molar-refractivity contribution in [3.8, 4) is 5.69 Å². The minimum absolute atomic E-state index is 0.138. The molecule has 0 fully saturated rings. The third-order valence-electron chi connectivity index (χ3n) is 5.31.